The van der Waals surface area contributed by atoms with Gasteiger partial charge in [-0.3, -0.25) is 0 Å². The number of halogens is 2. The van der Waals surface area contributed by atoms with Gasteiger partial charge in [-0.15, -0.1) is 11.3 Å². The lowest BCUT2D eigenvalue weighted by Gasteiger charge is -1.96. The number of aromatic nitrogens is 1. The van der Waals surface area contributed by atoms with Crippen LogP contribution in [0, 0.1) is 17.1 Å². The molecule has 5 heteroatoms. The number of hydrogen-bond donors (Lipinski definition) is 0. The average molecular weight is 283 g/mol. The summed E-state index contributed by atoms with van der Waals surface area (Å²) in [7, 11) is 0. The molecular formula is C10H4BrFN2S. The molecule has 0 saturated heterocycles. The summed E-state index contributed by atoms with van der Waals surface area (Å²) in [6.45, 7) is 0. The summed E-state index contributed by atoms with van der Waals surface area (Å²) in [6.07, 6.45) is 0. The van der Waals surface area contributed by atoms with Gasteiger partial charge in [-0.05, 0) is 33.6 Å². The molecule has 0 fully saturated rings. The first kappa shape index (κ1) is 10.3. The van der Waals surface area contributed by atoms with E-state index in [4.69, 9.17) is 5.26 Å². The highest BCUT2D eigenvalue weighted by Crippen LogP contribution is 2.32. The predicted molar refractivity (Wildman–Crippen MR) is 59.9 cm³/mol. The molecule has 0 aliphatic heterocycles. The minimum Gasteiger partial charge on any atom is -0.218 e. The highest BCUT2D eigenvalue weighted by molar-refractivity contribution is 9.11. The van der Waals surface area contributed by atoms with Crippen LogP contribution in [0.1, 0.15) is 5.69 Å². The van der Waals surface area contributed by atoms with Gasteiger partial charge in [-0.2, -0.15) is 5.26 Å². The van der Waals surface area contributed by atoms with Crippen LogP contribution >= 0.6 is 27.3 Å². The fourth-order valence-electron chi connectivity index (χ4n) is 1.17. The van der Waals surface area contributed by atoms with Gasteiger partial charge >= 0.3 is 0 Å². The van der Waals surface area contributed by atoms with Crippen molar-refractivity contribution < 1.29 is 4.39 Å². The molecule has 0 aliphatic carbocycles. The molecule has 74 valence electrons. The molecule has 0 spiro atoms. The van der Waals surface area contributed by atoms with Crippen LogP contribution in [-0.2, 0) is 0 Å². The van der Waals surface area contributed by atoms with Crippen molar-refractivity contribution in [3.63, 3.8) is 0 Å². The lowest BCUT2D eigenvalue weighted by molar-refractivity contribution is 0.628. The van der Waals surface area contributed by atoms with Crippen molar-refractivity contribution in [2.24, 2.45) is 0 Å². The summed E-state index contributed by atoms with van der Waals surface area (Å²) in [4.78, 5) is 4.76. The Labute approximate surface area is 98.1 Å². The zero-order valence-electron chi connectivity index (χ0n) is 7.37. The quantitative estimate of drug-likeness (QED) is 0.802. The first-order chi connectivity index (χ1) is 7.20. The number of nitrogens with zero attached hydrogens (tertiary/aromatic N) is 2. The third-order valence-electron chi connectivity index (χ3n) is 1.81. The molecule has 2 rings (SSSR count). The van der Waals surface area contributed by atoms with E-state index in [1.165, 1.54) is 23.5 Å². The molecule has 15 heavy (non-hydrogen) atoms. The van der Waals surface area contributed by atoms with Crippen LogP contribution in [0.4, 0.5) is 4.39 Å². The number of rotatable bonds is 1. The fourth-order valence-corrected chi connectivity index (χ4v) is 2.58. The zero-order valence-corrected chi connectivity index (χ0v) is 9.77. The van der Waals surface area contributed by atoms with Crippen molar-refractivity contribution >= 4 is 27.3 Å². The minimum absolute atomic E-state index is 0.291. The van der Waals surface area contributed by atoms with Crippen molar-refractivity contribution in [1.29, 1.82) is 5.26 Å². The highest BCUT2D eigenvalue weighted by Gasteiger charge is 2.11. The maximum absolute atomic E-state index is 12.7. The second kappa shape index (κ2) is 4.09. The lowest BCUT2D eigenvalue weighted by atomic mass is 10.1. The Kier molecular flexibility index (Phi) is 2.80. The van der Waals surface area contributed by atoms with Gasteiger partial charge in [-0.25, -0.2) is 9.37 Å². The summed E-state index contributed by atoms with van der Waals surface area (Å²) in [5.41, 5.74) is 1.16. The van der Waals surface area contributed by atoms with E-state index in [9.17, 15) is 4.39 Å². The first-order valence-corrected chi connectivity index (χ1v) is 5.64. The van der Waals surface area contributed by atoms with E-state index in [1.54, 1.807) is 12.1 Å². The number of benzene rings is 1. The van der Waals surface area contributed by atoms with Crippen molar-refractivity contribution in [2.45, 2.75) is 0 Å². The van der Waals surface area contributed by atoms with Gasteiger partial charge in [0, 0.05) is 0 Å². The normalized spacial score (nSPS) is 9.93. The summed E-state index contributed by atoms with van der Waals surface area (Å²) < 4.78 is 13.4. The first-order valence-electron chi connectivity index (χ1n) is 4.03. The Bertz CT molecular complexity index is 527. The summed E-state index contributed by atoms with van der Waals surface area (Å²) >= 11 is 4.58. The summed E-state index contributed by atoms with van der Waals surface area (Å²) in [5.74, 6) is -0.291. The van der Waals surface area contributed by atoms with E-state index in [0.29, 0.717) is 9.61 Å². The third-order valence-corrected chi connectivity index (χ3v) is 3.37. The van der Waals surface area contributed by atoms with E-state index >= 15 is 0 Å². The maximum Gasteiger partial charge on any atom is 0.161 e. The van der Waals surface area contributed by atoms with Gasteiger partial charge in [0.25, 0.3) is 0 Å². The molecule has 0 saturated carbocycles. The lowest BCUT2D eigenvalue weighted by Crippen LogP contribution is -1.80. The number of nitriles is 1. The zero-order chi connectivity index (χ0) is 10.8. The summed E-state index contributed by atoms with van der Waals surface area (Å²) in [5, 5.41) is 8.85. The van der Waals surface area contributed by atoms with Crippen LogP contribution in [-0.4, -0.2) is 4.98 Å². The Balaban J connectivity index is 2.54. The van der Waals surface area contributed by atoms with Crippen LogP contribution in [0.25, 0.3) is 10.4 Å². The van der Waals surface area contributed by atoms with Gasteiger partial charge in [0.1, 0.15) is 11.9 Å². The third kappa shape index (κ3) is 2.06. The molecule has 0 aliphatic rings. The van der Waals surface area contributed by atoms with Crippen LogP contribution in [0.2, 0.25) is 0 Å². The summed E-state index contributed by atoms with van der Waals surface area (Å²) in [6, 6.07) is 8.01. The molecule has 0 N–H and O–H groups in total. The second-order valence-electron chi connectivity index (χ2n) is 2.76. The van der Waals surface area contributed by atoms with Gasteiger partial charge < -0.3 is 0 Å². The molecule has 1 aromatic carbocycles. The molecule has 1 aromatic heterocycles. The molecule has 0 bridgehead atoms. The minimum atomic E-state index is -0.291. The Morgan fingerprint density at radius 1 is 1.33 bits per heavy atom. The largest absolute Gasteiger partial charge is 0.218 e. The number of hydrogen-bond acceptors (Lipinski definition) is 3. The Morgan fingerprint density at radius 2 is 2.00 bits per heavy atom. The maximum atomic E-state index is 12.7. The van der Waals surface area contributed by atoms with Gasteiger partial charge in [-0.1, -0.05) is 12.1 Å². The van der Waals surface area contributed by atoms with E-state index in [2.05, 4.69) is 20.9 Å². The Hall–Kier alpha value is -1.25. The van der Waals surface area contributed by atoms with E-state index in [0.717, 1.165) is 10.4 Å². The Morgan fingerprint density at radius 3 is 2.60 bits per heavy atom. The topological polar surface area (TPSA) is 36.7 Å². The van der Waals surface area contributed by atoms with Crippen molar-refractivity contribution in [1.82, 2.24) is 4.98 Å². The molecule has 0 amide bonds. The average Bonchev–Trinajstić information content (AvgIpc) is 2.61. The SMILES string of the molecule is N#Cc1nc(Br)sc1-c1ccc(F)cc1. The smallest absolute Gasteiger partial charge is 0.161 e. The highest BCUT2D eigenvalue weighted by atomic mass is 79.9. The van der Waals surface area contributed by atoms with Gasteiger partial charge in [0.05, 0.1) is 4.88 Å². The van der Waals surface area contributed by atoms with Crippen LogP contribution in [0.5, 0.6) is 0 Å². The van der Waals surface area contributed by atoms with E-state index in [-0.39, 0.29) is 5.82 Å². The standard InChI is InChI=1S/C10H4BrFN2S/c11-10-14-8(5-13)9(15-10)6-1-3-7(12)4-2-6/h1-4H. The monoisotopic (exact) mass is 282 g/mol. The van der Waals surface area contributed by atoms with Crippen LogP contribution < -0.4 is 0 Å². The molecular weight excluding hydrogens is 279 g/mol. The molecule has 2 aromatic rings. The number of thiazole rings is 1. The van der Waals surface area contributed by atoms with Crippen LogP contribution in [0.3, 0.4) is 0 Å². The molecule has 0 unspecified atom stereocenters. The van der Waals surface area contributed by atoms with Gasteiger partial charge in [0.2, 0.25) is 0 Å². The predicted octanol–water partition coefficient (Wildman–Crippen LogP) is 3.58. The molecule has 0 atom stereocenters. The van der Waals surface area contributed by atoms with Gasteiger partial charge in [0.15, 0.2) is 9.61 Å². The van der Waals surface area contributed by atoms with Crippen molar-refractivity contribution in [3.8, 4) is 16.5 Å². The fraction of sp³-hybridized carbons (Fsp3) is 0. The van der Waals surface area contributed by atoms with Crippen LogP contribution in [0.15, 0.2) is 28.2 Å². The van der Waals surface area contributed by atoms with E-state index in [1.807, 2.05) is 6.07 Å². The molecule has 0 radical (unpaired) electrons. The molecule has 1 heterocycles. The van der Waals surface area contributed by atoms with E-state index < -0.39 is 0 Å². The van der Waals surface area contributed by atoms with Crippen molar-refractivity contribution in [2.75, 3.05) is 0 Å². The second-order valence-corrected chi connectivity index (χ2v) is 5.04. The van der Waals surface area contributed by atoms with Crippen molar-refractivity contribution in [3.05, 3.63) is 39.7 Å². The molecule has 2 nitrogen and oxygen atoms in total.